The molecule has 0 heterocycles. The lowest BCUT2D eigenvalue weighted by atomic mass is 10.1. The molecule has 1 aromatic rings. The Morgan fingerprint density at radius 2 is 2.15 bits per heavy atom. The van der Waals surface area contributed by atoms with Gasteiger partial charge in [0.1, 0.15) is 11.3 Å². The van der Waals surface area contributed by atoms with Gasteiger partial charge in [-0.25, -0.2) is 4.79 Å². The van der Waals surface area contributed by atoms with Crippen molar-refractivity contribution in [3.05, 3.63) is 23.8 Å². The first-order valence-electron chi connectivity index (χ1n) is 5.98. The molecule has 1 rings (SSSR count). The topological polar surface area (TPSA) is 111 Å². The van der Waals surface area contributed by atoms with Crippen LogP contribution in [0.25, 0.3) is 0 Å². The Labute approximate surface area is 116 Å². The molecule has 110 valence electrons. The molecule has 20 heavy (non-hydrogen) atoms. The van der Waals surface area contributed by atoms with Crippen LogP contribution in [0.1, 0.15) is 17.3 Å². The van der Waals surface area contributed by atoms with Crippen LogP contribution in [-0.4, -0.2) is 43.3 Å². The third-order valence-corrected chi connectivity index (χ3v) is 2.46. The van der Waals surface area contributed by atoms with E-state index in [4.69, 9.17) is 20.3 Å². The number of amides is 1. The van der Waals surface area contributed by atoms with Crippen LogP contribution in [0, 0.1) is 0 Å². The lowest BCUT2D eigenvalue weighted by Crippen LogP contribution is -2.38. The number of nitrogen functional groups attached to an aromatic ring is 1. The summed E-state index contributed by atoms with van der Waals surface area (Å²) in [6.07, 6.45) is 0. The Hall–Kier alpha value is -2.28. The van der Waals surface area contributed by atoms with Crippen LogP contribution in [0.5, 0.6) is 5.75 Å². The highest BCUT2D eigenvalue weighted by Crippen LogP contribution is 2.24. The third kappa shape index (κ3) is 4.43. The van der Waals surface area contributed by atoms with E-state index >= 15 is 0 Å². The van der Waals surface area contributed by atoms with E-state index in [0.29, 0.717) is 6.61 Å². The van der Waals surface area contributed by atoms with Crippen molar-refractivity contribution < 1.29 is 24.2 Å². The van der Waals surface area contributed by atoms with E-state index in [1.54, 1.807) is 13.0 Å². The number of carbonyl (C=O) groups excluding carboxylic acids is 1. The molecule has 1 unspecified atom stereocenters. The summed E-state index contributed by atoms with van der Waals surface area (Å²) in [5, 5.41) is 11.7. The molecular formula is C13H18N2O5. The molecule has 0 radical (unpaired) electrons. The van der Waals surface area contributed by atoms with Crippen molar-refractivity contribution >= 4 is 17.6 Å². The molecule has 0 saturated heterocycles. The van der Waals surface area contributed by atoms with Crippen LogP contribution in [0.4, 0.5) is 5.69 Å². The number of carbonyl (C=O) groups is 2. The van der Waals surface area contributed by atoms with E-state index in [0.717, 1.165) is 0 Å². The Kier molecular flexibility index (Phi) is 5.79. The minimum atomic E-state index is -1.20. The minimum absolute atomic E-state index is 0.0621. The number of rotatable bonds is 7. The van der Waals surface area contributed by atoms with Gasteiger partial charge >= 0.3 is 5.97 Å². The van der Waals surface area contributed by atoms with Crippen molar-refractivity contribution in [2.24, 2.45) is 0 Å². The monoisotopic (exact) mass is 282 g/mol. The van der Waals surface area contributed by atoms with Gasteiger partial charge in [-0.2, -0.15) is 0 Å². The molecule has 0 aliphatic carbocycles. The van der Waals surface area contributed by atoms with Crippen LogP contribution >= 0.6 is 0 Å². The van der Waals surface area contributed by atoms with E-state index < -0.39 is 5.97 Å². The number of benzene rings is 1. The third-order valence-electron chi connectivity index (χ3n) is 2.46. The molecular weight excluding hydrogens is 264 g/mol. The van der Waals surface area contributed by atoms with E-state index in [9.17, 15) is 9.59 Å². The molecule has 0 spiro atoms. The van der Waals surface area contributed by atoms with Gasteiger partial charge in [0.05, 0.1) is 6.61 Å². The van der Waals surface area contributed by atoms with Crippen LogP contribution < -0.4 is 15.8 Å². The van der Waals surface area contributed by atoms with Crippen molar-refractivity contribution in [3.63, 3.8) is 0 Å². The van der Waals surface area contributed by atoms with E-state index in [1.165, 1.54) is 19.2 Å². The average molecular weight is 282 g/mol. The molecule has 0 fully saturated rings. The first kappa shape index (κ1) is 15.8. The SMILES string of the molecule is COCC(C)NC(=O)COc1cccc(N)c1C(=O)O. The number of carboxylic acids is 1. The Bertz CT molecular complexity index is 490. The Balaban J connectivity index is 2.64. The predicted octanol–water partition coefficient (Wildman–Crippen LogP) is 0.497. The molecule has 0 bridgehead atoms. The average Bonchev–Trinajstić information content (AvgIpc) is 2.36. The van der Waals surface area contributed by atoms with Gasteiger partial charge in [0, 0.05) is 18.8 Å². The summed E-state index contributed by atoms with van der Waals surface area (Å²) in [5.74, 6) is -1.51. The molecule has 4 N–H and O–H groups in total. The highest BCUT2D eigenvalue weighted by atomic mass is 16.5. The number of carboxylic acid groups (broad SMARTS) is 1. The summed E-state index contributed by atoms with van der Waals surface area (Å²) in [5.41, 5.74) is 5.51. The number of anilines is 1. The Morgan fingerprint density at radius 1 is 1.45 bits per heavy atom. The fourth-order valence-corrected chi connectivity index (χ4v) is 1.65. The van der Waals surface area contributed by atoms with Crippen LogP contribution in [0.3, 0.4) is 0 Å². The van der Waals surface area contributed by atoms with Gasteiger partial charge in [-0.15, -0.1) is 0 Å². The first-order valence-corrected chi connectivity index (χ1v) is 5.98. The largest absolute Gasteiger partial charge is 0.483 e. The molecule has 0 aliphatic rings. The molecule has 1 atom stereocenters. The second kappa shape index (κ2) is 7.34. The number of ether oxygens (including phenoxy) is 2. The summed E-state index contributed by atoms with van der Waals surface area (Å²) < 4.78 is 10.1. The number of nitrogens with one attached hydrogen (secondary N) is 1. The zero-order valence-corrected chi connectivity index (χ0v) is 11.4. The first-order chi connectivity index (χ1) is 9.45. The summed E-state index contributed by atoms with van der Waals surface area (Å²) in [6.45, 7) is 1.87. The smallest absolute Gasteiger partial charge is 0.341 e. The molecule has 1 aromatic carbocycles. The molecule has 0 aliphatic heterocycles. The van der Waals surface area contributed by atoms with Gasteiger partial charge in [0.15, 0.2) is 6.61 Å². The van der Waals surface area contributed by atoms with Gasteiger partial charge in [-0.1, -0.05) is 6.07 Å². The quantitative estimate of drug-likeness (QED) is 0.628. The van der Waals surface area contributed by atoms with Crippen LogP contribution in [-0.2, 0) is 9.53 Å². The van der Waals surface area contributed by atoms with E-state index in [1.807, 2.05) is 0 Å². The number of aromatic carboxylic acids is 1. The Morgan fingerprint density at radius 3 is 2.75 bits per heavy atom. The maximum absolute atomic E-state index is 11.6. The molecule has 1 amide bonds. The lowest BCUT2D eigenvalue weighted by molar-refractivity contribution is -0.124. The standard InChI is InChI=1S/C13H18N2O5/c1-8(6-19-2)15-11(16)7-20-10-5-3-4-9(14)12(10)13(17)18/h3-5,8H,6-7,14H2,1-2H3,(H,15,16)(H,17,18). The second-order valence-corrected chi connectivity index (χ2v) is 4.24. The van der Waals surface area contributed by atoms with E-state index in [-0.39, 0.29) is 35.6 Å². The van der Waals surface area contributed by atoms with Gasteiger partial charge in [0.2, 0.25) is 0 Å². The molecule has 0 aromatic heterocycles. The van der Waals surface area contributed by atoms with Crippen molar-refractivity contribution in [2.45, 2.75) is 13.0 Å². The fraction of sp³-hybridized carbons (Fsp3) is 0.385. The summed E-state index contributed by atoms with van der Waals surface area (Å²) in [4.78, 5) is 22.7. The summed E-state index contributed by atoms with van der Waals surface area (Å²) >= 11 is 0. The van der Waals surface area contributed by atoms with Crippen molar-refractivity contribution in [2.75, 3.05) is 26.1 Å². The summed E-state index contributed by atoms with van der Waals surface area (Å²) in [7, 11) is 1.53. The van der Waals surface area contributed by atoms with Gasteiger partial charge in [-0.3, -0.25) is 4.79 Å². The van der Waals surface area contributed by atoms with Crippen molar-refractivity contribution in [3.8, 4) is 5.75 Å². The van der Waals surface area contributed by atoms with E-state index in [2.05, 4.69) is 5.32 Å². The summed E-state index contributed by atoms with van der Waals surface area (Å²) in [6, 6.07) is 4.31. The highest BCUT2D eigenvalue weighted by Gasteiger charge is 2.16. The zero-order chi connectivity index (χ0) is 15.1. The van der Waals surface area contributed by atoms with Gasteiger partial charge in [0.25, 0.3) is 5.91 Å². The minimum Gasteiger partial charge on any atom is -0.483 e. The number of methoxy groups -OCH3 is 1. The normalized spacial score (nSPS) is 11.7. The lowest BCUT2D eigenvalue weighted by Gasteiger charge is -2.14. The van der Waals surface area contributed by atoms with Crippen molar-refractivity contribution in [1.82, 2.24) is 5.32 Å². The highest BCUT2D eigenvalue weighted by molar-refractivity contribution is 5.96. The number of hydrogen-bond acceptors (Lipinski definition) is 5. The van der Waals surface area contributed by atoms with Gasteiger partial charge in [-0.05, 0) is 19.1 Å². The maximum Gasteiger partial charge on any atom is 0.341 e. The number of nitrogens with two attached hydrogens (primary N) is 1. The van der Waals surface area contributed by atoms with Crippen LogP contribution in [0.15, 0.2) is 18.2 Å². The second-order valence-electron chi connectivity index (χ2n) is 4.24. The molecule has 0 saturated carbocycles. The van der Waals surface area contributed by atoms with Crippen LogP contribution in [0.2, 0.25) is 0 Å². The van der Waals surface area contributed by atoms with Crippen molar-refractivity contribution in [1.29, 1.82) is 0 Å². The fourth-order valence-electron chi connectivity index (χ4n) is 1.65. The maximum atomic E-state index is 11.6. The molecule has 7 heteroatoms. The molecule has 7 nitrogen and oxygen atoms in total. The number of hydrogen-bond donors (Lipinski definition) is 3. The van der Waals surface area contributed by atoms with Gasteiger partial charge < -0.3 is 25.6 Å². The zero-order valence-electron chi connectivity index (χ0n) is 11.4. The predicted molar refractivity (Wildman–Crippen MR) is 72.8 cm³/mol.